The van der Waals surface area contributed by atoms with Crippen LogP contribution in [0.2, 0.25) is 5.28 Å². The second-order valence-electron chi connectivity index (χ2n) is 4.05. The second kappa shape index (κ2) is 5.38. The van der Waals surface area contributed by atoms with Crippen molar-refractivity contribution in [1.82, 2.24) is 19.9 Å². The number of ether oxygens (including phenoxy) is 1. The van der Waals surface area contributed by atoms with Gasteiger partial charge in [-0.1, -0.05) is 24.3 Å². The predicted molar refractivity (Wildman–Crippen MR) is 76.7 cm³/mol. The first-order valence-corrected chi connectivity index (χ1v) is 6.53. The number of hydrogen-bond acceptors (Lipinski definition) is 5. The van der Waals surface area contributed by atoms with E-state index >= 15 is 0 Å². The van der Waals surface area contributed by atoms with Gasteiger partial charge in [0.25, 0.3) is 0 Å². The van der Waals surface area contributed by atoms with Crippen molar-refractivity contribution in [3.8, 4) is 17.4 Å². The summed E-state index contributed by atoms with van der Waals surface area (Å²) in [6.45, 7) is 2.32. The van der Waals surface area contributed by atoms with Gasteiger partial charge in [0.1, 0.15) is 0 Å². The van der Waals surface area contributed by atoms with Gasteiger partial charge in [-0.2, -0.15) is 15.0 Å². The van der Waals surface area contributed by atoms with Gasteiger partial charge in [0.15, 0.2) is 5.82 Å². The minimum Gasteiger partial charge on any atom is -0.464 e. The molecule has 20 heavy (non-hydrogen) atoms. The molecule has 0 saturated heterocycles. The molecule has 0 radical (unpaired) electrons. The smallest absolute Gasteiger partial charge is 0.321 e. The molecule has 2 heterocycles. The first kappa shape index (κ1) is 12.7. The summed E-state index contributed by atoms with van der Waals surface area (Å²) in [6.07, 6.45) is 3.51. The third-order valence-corrected chi connectivity index (χ3v) is 2.94. The molecular weight excluding hydrogens is 276 g/mol. The molecule has 0 unspecified atom stereocenters. The molecule has 0 aliphatic rings. The highest BCUT2D eigenvalue weighted by Crippen LogP contribution is 2.26. The fourth-order valence-electron chi connectivity index (χ4n) is 1.94. The van der Waals surface area contributed by atoms with E-state index in [2.05, 4.69) is 19.9 Å². The maximum atomic E-state index is 5.92. The van der Waals surface area contributed by atoms with E-state index in [9.17, 15) is 0 Å². The van der Waals surface area contributed by atoms with Gasteiger partial charge >= 0.3 is 6.01 Å². The van der Waals surface area contributed by atoms with Gasteiger partial charge in [-0.15, -0.1) is 0 Å². The minimum atomic E-state index is 0.103. The number of nitrogens with zero attached hydrogens (tertiary/aromatic N) is 4. The molecule has 0 N–H and O–H groups in total. The molecule has 3 rings (SSSR count). The molecule has 0 amide bonds. The van der Waals surface area contributed by atoms with E-state index in [1.54, 1.807) is 12.4 Å². The van der Waals surface area contributed by atoms with Crippen molar-refractivity contribution < 1.29 is 4.74 Å². The number of benzene rings is 1. The van der Waals surface area contributed by atoms with E-state index in [0.29, 0.717) is 12.4 Å². The first-order chi connectivity index (χ1) is 9.78. The molecule has 0 saturated carbocycles. The number of pyridine rings is 1. The van der Waals surface area contributed by atoms with Gasteiger partial charge in [-0.25, -0.2) is 0 Å². The van der Waals surface area contributed by atoms with Crippen LogP contribution >= 0.6 is 11.6 Å². The maximum Gasteiger partial charge on any atom is 0.321 e. The van der Waals surface area contributed by atoms with Gasteiger partial charge < -0.3 is 4.74 Å². The summed E-state index contributed by atoms with van der Waals surface area (Å²) in [4.78, 5) is 16.6. The van der Waals surface area contributed by atoms with Crippen LogP contribution in [-0.2, 0) is 0 Å². The molecule has 6 heteroatoms. The molecule has 0 aliphatic carbocycles. The van der Waals surface area contributed by atoms with E-state index < -0.39 is 0 Å². The van der Waals surface area contributed by atoms with Gasteiger partial charge in [-0.3, -0.25) is 4.98 Å². The molecule has 0 aliphatic heterocycles. The Labute approximate surface area is 120 Å². The van der Waals surface area contributed by atoms with E-state index in [1.165, 1.54) is 0 Å². The van der Waals surface area contributed by atoms with E-state index in [-0.39, 0.29) is 11.3 Å². The number of halogens is 1. The number of rotatable bonds is 3. The third-order valence-electron chi connectivity index (χ3n) is 2.77. The van der Waals surface area contributed by atoms with Crippen molar-refractivity contribution >= 4 is 22.4 Å². The summed E-state index contributed by atoms with van der Waals surface area (Å²) in [7, 11) is 0. The quantitative estimate of drug-likeness (QED) is 0.740. The lowest BCUT2D eigenvalue weighted by Gasteiger charge is -2.06. The zero-order valence-corrected chi connectivity index (χ0v) is 11.5. The van der Waals surface area contributed by atoms with Crippen LogP contribution in [0.5, 0.6) is 6.01 Å². The van der Waals surface area contributed by atoms with Crippen molar-refractivity contribution in [2.75, 3.05) is 6.61 Å². The van der Waals surface area contributed by atoms with Crippen LogP contribution in [0.3, 0.4) is 0 Å². The summed E-state index contributed by atoms with van der Waals surface area (Å²) in [6, 6.07) is 8.11. The first-order valence-electron chi connectivity index (χ1n) is 6.15. The lowest BCUT2D eigenvalue weighted by atomic mass is 10.1. The van der Waals surface area contributed by atoms with E-state index in [0.717, 1.165) is 16.3 Å². The molecule has 0 fully saturated rings. The highest BCUT2D eigenvalue weighted by Gasteiger charge is 2.11. The second-order valence-corrected chi connectivity index (χ2v) is 4.39. The number of aromatic nitrogens is 4. The summed E-state index contributed by atoms with van der Waals surface area (Å²) in [5.74, 6) is 0.456. The van der Waals surface area contributed by atoms with Crippen molar-refractivity contribution in [3.63, 3.8) is 0 Å². The Hall–Kier alpha value is -2.27. The van der Waals surface area contributed by atoms with Crippen molar-refractivity contribution in [3.05, 3.63) is 41.9 Å². The molecule has 3 aromatic rings. The normalized spacial score (nSPS) is 10.7. The van der Waals surface area contributed by atoms with Crippen LogP contribution in [0.25, 0.3) is 22.2 Å². The molecule has 1 aromatic carbocycles. The largest absolute Gasteiger partial charge is 0.464 e. The average Bonchev–Trinajstić information content (AvgIpc) is 2.46. The van der Waals surface area contributed by atoms with E-state index in [4.69, 9.17) is 16.3 Å². The van der Waals surface area contributed by atoms with Crippen LogP contribution in [-0.4, -0.2) is 26.5 Å². The van der Waals surface area contributed by atoms with Gasteiger partial charge in [0.2, 0.25) is 5.28 Å². The topological polar surface area (TPSA) is 60.8 Å². The summed E-state index contributed by atoms with van der Waals surface area (Å²) < 4.78 is 5.29. The van der Waals surface area contributed by atoms with Crippen LogP contribution < -0.4 is 4.74 Å². The monoisotopic (exact) mass is 286 g/mol. The summed E-state index contributed by atoms with van der Waals surface area (Å²) in [5.41, 5.74) is 0.799. The Morgan fingerprint density at radius 3 is 2.80 bits per heavy atom. The highest BCUT2D eigenvalue weighted by molar-refractivity contribution is 6.28. The Morgan fingerprint density at radius 2 is 1.95 bits per heavy atom. The molecular formula is C14H11ClN4O. The Bertz CT molecular complexity index is 758. The zero-order chi connectivity index (χ0) is 13.9. The van der Waals surface area contributed by atoms with Crippen LogP contribution in [0.4, 0.5) is 0 Å². The number of hydrogen-bond donors (Lipinski definition) is 0. The molecule has 0 atom stereocenters. The Kier molecular flexibility index (Phi) is 3.43. The van der Waals surface area contributed by atoms with Crippen LogP contribution in [0.1, 0.15) is 6.92 Å². The standard InChI is InChI=1S/C14H11ClN4O/c1-2-20-14-18-12(17-13(15)19-14)11-8-16-7-9-5-3-4-6-10(9)11/h3-8H,2H2,1H3. The molecule has 0 spiro atoms. The SMILES string of the molecule is CCOc1nc(Cl)nc(-c2cncc3ccccc23)n1. The lowest BCUT2D eigenvalue weighted by Crippen LogP contribution is -2.01. The average molecular weight is 287 g/mol. The Morgan fingerprint density at radius 1 is 1.10 bits per heavy atom. The molecule has 0 bridgehead atoms. The molecule has 5 nitrogen and oxygen atoms in total. The van der Waals surface area contributed by atoms with Crippen LogP contribution in [0, 0.1) is 0 Å². The minimum absolute atomic E-state index is 0.103. The summed E-state index contributed by atoms with van der Waals surface area (Å²) >= 11 is 5.92. The lowest BCUT2D eigenvalue weighted by molar-refractivity contribution is 0.312. The van der Waals surface area contributed by atoms with Crippen LogP contribution in [0.15, 0.2) is 36.7 Å². The fraction of sp³-hybridized carbons (Fsp3) is 0.143. The third kappa shape index (κ3) is 2.40. The van der Waals surface area contributed by atoms with Crippen molar-refractivity contribution in [2.45, 2.75) is 6.92 Å². The molecule has 100 valence electrons. The van der Waals surface area contributed by atoms with Gasteiger partial charge in [-0.05, 0) is 23.9 Å². The predicted octanol–water partition coefficient (Wildman–Crippen LogP) is 3.14. The summed E-state index contributed by atoms with van der Waals surface area (Å²) in [5, 5.41) is 2.12. The zero-order valence-electron chi connectivity index (χ0n) is 10.7. The van der Waals surface area contributed by atoms with Crippen molar-refractivity contribution in [1.29, 1.82) is 0 Å². The van der Waals surface area contributed by atoms with Gasteiger partial charge in [0.05, 0.1) is 6.61 Å². The fourth-order valence-corrected chi connectivity index (χ4v) is 2.09. The maximum absolute atomic E-state index is 5.92. The molecule has 2 aromatic heterocycles. The van der Waals surface area contributed by atoms with E-state index in [1.807, 2.05) is 31.2 Å². The van der Waals surface area contributed by atoms with Crippen molar-refractivity contribution in [2.24, 2.45) is 0 Å². The highest BCUT2D eigenvalue weighted by atomic mass is 35.5. The van der Waals surface area contributed by atoms with Gasteiger partial charge in [0, 0.05) is 23.3 Å². The Balaban J connectivity index is 2.20. The number of fused-ring (bicyclic) bond motifs is 1.